The molecule has 1 saturated heterocycles. The van der Waals surface area contributed by atoms with Crippen LogP contribution in [-0.4, -0.2) is 67.3 Å². The van der Waals surface area contributed by atoms with Gasteiger partial charge < -0.3 is 15.1 Å². The maximum Gasteiger partial charge on any atom is 0.292 e. The van der Waals surface area contributed by atoms with Crippen LogP contribution in [-0.2, 0) is 22.3 Å². The third kappa shape index (κ3) is 6.30. The van der Waals surface area contributed by atoms with Crippen LogP contribution in [0.1, 0.15) is 19.4 Å². The second kappa shape index (κ2) is 11.8. The highest BCUT2D eigenvalue weighted by Crippen LogP contribution is 2.38. The Hall–Kier alpha value is -4.16. The predicted molar refractivity (Wildman–Crippen MR) is 166 cm³/mol. The lowest BCUT2D eigenvalue weighted by atomic mass is 9.95. The number of hydrogen-bond acceptors (Lipinski definition) is 8. The molecule has 0 saturated carbocycles. The molecule has 0 amide bonds. The molecule has 12 heteroatoms. The molecule has 1 aliphatic heterocycles. The van der Waals surface area contributed by atoms with Gasteiger partial charge in [0.05, 0.1) is 4.90 Å². The first-order valence-corrected chi connectivity index (χ1v) is 15.9. The van der Waals surface area contributed by atoms with Crippen LogP contribution in [0.5, 0.6) is 0 Å². The van der Waals surface area contributed by atoms with E-state index in [0.717, 1.165) is 49.9 Å². The molecule has 2 aromatic carbocycles. The number of piperazine rings is 1. The number of rotatable bonds is 8. The first-order chi connectivity index (χ1) is 20.4. The van der Waals surface area contributed by atoms with E-state index < -0.39 is 26.9 Å². The molecule has 0 unspecified atom stereocenters. The third-order valence-corrected chi connectivity index (χ3v) is 8.69. The average Bonchev–Trinajstić information content (AvgIpc) is 2.97. The van der Waals surface area contributed by atoms with Crippen molar-refractivity contribution in [2.45, 2.75) is 31.2 Å². The minimum absolute atomic E-state index is 0.00242. The lowest BCUT2D eigenvalue weighted by Crippen LogP contribution is -2.44. The number of aryl methyl sites for hydroxylation is 1. The molecule has 1 aliphatic rings. The van der Waals surface area contributed by atoms with E-state index in [0.29, 0.717) is 17.1 Å². The Bertz CT molecular complexity index is 1850. The molecule has 0 aliphatic carbocycles. The number of nitrogens with one attached hydrogen (secondary N) is 1. The Morgan fingerprint density at radius 2 is 1.72 bits per heavy atom. The van der Waals surface area contributed by atoms with E-state index in [4.69, 9.17) is 0 Å². The Morgan fingerprint density at radius 3 is 2.35 bits per heavy atom. The molecule has 1 fully saturated rings. The highest BCUT2D eigenvalue weighted by Gasteiger charge is 2.33. The monoisotopic (exact) mass is 608 g/mol. The van der Waals surface area contributed by atoms with Gasteiger partial charge in [0, 0.05) is 73.1 Å². The molecular formula is C31H34F2N6O3S. The quantitative estimate of drug-likeness (QED) is 0.278. The van der Waals surface area contributed by atoms with Gasteiger partial charge in [-0.15, -0.1) is 0 Å². The maximum atomic E-state index is 15.3. The van der Waals surface area contributed by atoms with Gasteiger partial charge in [0.25, 0.3) is 11.5 Å². The fourth-order valence-corrected chi connectivity index (χ4v) is 5.87. The van der Waals surface area contributed by atoms with Crippen molar-refractivity contribution >= 4 is 38.2 Å². The summed E-state index contributed by atoms with van der Waals surface area (Å²) in [5.74, 6) is -3.24. The first-order valence-electron chi connectivity index (χ1n) is 14.0. The number of anilines is 3. The molecule has 9 nitrogen and oxygen atoms in total. The number of likely N-dealkylation sites (N-methyl/N-ethyl adjacent to an activating group) is 1. The SMILES string of the molecule is CC=CC(F)(F)c1cc(S(C)(=O)=O)ccc1-c1cc2cnc(Nc3ccc(N4CCN(C)CC4)cc3)nc2n(CC)c1=O. The summed E-state index contributed by atoms with van der Waals surface area (Å²) in [6.45, 7) is 7.38. The van der Waals surface area contributed by atoms with Gasteiger partial charge in [0.15, 0.2) is 9.84 Å². The summed E-state index contributed by atoms with van der Waals surface area (Å²) >= 11 is 0. The van der Waals surface area contributed by atoms with Crippen molar-refractivity contribution in [1.82, 2.24) is 19.4 Å². The van der Waals surface area contributed by atoms with Crippen molar-refractivity contribution in [3.8, 4) is 11.1 Å². The molecule has 0 spiro atoms. The number of aromatic nitrogens is 3. The molecule has 0 radical (unpaired) electrons. The lowest BCUT2D eigenvalue weighted by molar-refractivity contribution is 0.0524. The van der Waals surface area contributed by atoms with Gasteiger partial charge in [-0.05, 0) is 75.0 Å². The summed E-state index contributed by atoms with van der Waals surface area (Å²) in [6.07, 6.45) is 4.34. The molecule has 2 aromatic heterocycles. The van der Waals surface area contributed by atoms with Gasteiger partial charge in [-0.3, -0.25) is 9.36 Å². The van der Waals surface area contributed by atoms with Gasteiger partial charge >= 0.3 is 0 Å². The van der Waals surface area contributed by atoms with Crippen molar-refractivity contribution in [1.29, 1.82) is 0 Å². The van der Waals surface area contributed by atoms with Crippen LogP contribution < -0.4 is 15.8 Å². The van der Waals surface area contributed by atoms with E-state index >= 15 is 8.78 Å². The van der Waals surface area contributed by atoms with E-state index in [9.17, 15) is 13.2 Å². The zero-order valence-electron chi connectivity index (χ0n) is 24.5. The van der Waals surface area contributed by atoms with Gasteiger partial charge in [-0.1, -0.05) is 12.1 Å². The fourth-order valence-electron chi connectivity index (χ4n) is 5.22. The molecule has 226 valence electrons. The van der Waals surface area contributed by atoms with Crippen LogP contribution in [0.4, 0.5) is 26.1 Å². The van der Waals surface area contributed by atoms with Crippen molar-refractivity contribution in [3.05, 3.63) is 82.8 Å². The Morgan fingerprint density at radius 1 is 1.02 bits per heavy atom. The number of sulfone groups is 1. The summed E-state index contributed by atoms with van der Waals surface area (Å²) in [6, 6.07) is 12.9. The average molecular weight is 609 g/mol. The number of alkyl halides is 2. The number of fused-ring (bicyclic) bond motifs is 1. The molecule has 0 atom stereocenters. The number of halogens is 2. The first kappa shape index (κ1) is 30.3. The highest BCUT2D eigenvalue weighted by atomic mass is 32.2. The van der Waals surface area contributed by atoms with Crippen molar-refractivity contribution in [3.63, 3.8) is 0 Å². The standard InChI is InChI=1S/C31H34F2N6O3S/c1-5-13-31(32,33)27-19-24(43(4,41)42)11-12-25(27)26-18-21-20-34-30(36-28(21)39(6-2)29(26)40)35-22-7-9-23(10-8-22)38-16-14-37(3)15-17-38/h5,7-13,18-20H,6,14-17H2,1-4H3,(H,34,35,36). The van der Waals surface area contributed by atoms with Crippen LogP contribution in [0.3, 0.4) is 0 Å². The number of pyridine rings is 1. The molecule has 3 heterocycles. The zero-order valence-corrected chi connectivity index (χ0v) is 25.3. The van der Waals surface area contributed by atoms with E-state index in [2.05, 4.69) is 32.1 Å². The molecule has 0 bridgehead atoms. The van der Waals surface area contributed by atoms with Crippen LogP contribution in [0, 0.1) is 0 Å². The predicted octanol–water partition coefficient (Wildman–Crippen LogP) is 5.05. The topological polar surface area (TPSA) is 100 Å². The zero-order chi connectivity index (χ0) is 30.9. The highest BCUT2D eigenvalue weighted by molar-refractivity contribution is 7.90. The van der Waals surface area contributed by atoms with Crippen molar-refractivity contribution < 1.29 is 17.2 Å². The van der Waals surface area contributed by atoms with Gasteiger partial charge in [0.2, 0.25) is 5.95 Å². The Balaban J connectivity index is 1.52. The van der Waals surface area contributed by atoms with Gasteiger partial charge in [-0.2, -0.15) is 13.8 Å². The van der Waals surface area contributed by atoms with E-state index in [1.807, 2.05) is 24.3 Å². The number of benzene rings is 2. The third-order valence-electron chi connectivity index (χ3n) is 7.58. The molecule has 4 aromatic rings. The second-order valence-electron chi connectivity index (χ2n) is 10.6. The second-order valence-corrected chi connectivity index (χ2v) is 12.7. The van der Waals surface area contributed by atoms with E-state index in [-0.39, 0.29) is 28.5 Å². The van der Waals surface area contributed by atoms with Crippen LogP contribution >= 0.6 is 0 Å². The number of nitrogens with zero attached hydrogens (tertiary/aromatic N) is 5. The molecular weight excluding hydrogens is 574 g/mol. The van der Waals surface area contributed by atoms with E-state index in [1.165, 1.54) is 42.0 Å². The fraction of sp³-hybridized carbons (Fsp3) is 0.323. The largest absolute Gasteiger partial charge is 0.369 e. The van der Waals surface area contributed by atoms with Crippen LogP contribution in [0.15, 0.2) is 76.6 Å². The van der Waals surface area contributed by atoms with Crippen LogP contribution in [0.2, 0.25) is 0 Å². The minimum atomic E-state index is -3.77. The molecule has 5 rings (SSSR count). The minimum Gasteiger partial charge on any atom is -0.369 e. The maximum absolute atomic E-state index is 15.3. The Labute approximate surface area is 249 Å². The lowest BCUT2D eigenvalue weighted by Gasteiger charge is -2.34. The molecule has 43 heavy (non-hydrogen) atoms. The summed E-state index contributed by atoms with van der Waals surface area (Å²) in [4.78, 5) is 27.1. The van der Waals surface area contributed by atoms with Gasteiger partial charge in [0.1, 0.15) is 5.65 Å². The van der Waals surface area contributed by atoms with Crippen molar-refractivity contribution in [2.24, 2.45) is 0 Å². The molecule has 1 N–H and O–H groups in total. The number of hydrogen-bond donors (Lipinski definition) is 1. The smallest absolute Gasteiger partial charge is 0.292 e. The number of allylic oxidation sites excluding steroid dienone is 2. The summed E-state index contributed by atoms with van der Waals surface area (Å²) in [7, 11) is -1.65. The summed E-state index contributed by atoms with van der Waals surface area (Å²) in [5.41, 5.74) is 1.09. The summed E-state index contributed by atoms with van der Waals surface area (Å²) < 4.78 is 56.3. The van der Waals surface area contributed by atoms with Gasteiger partial charge in [-0.25, -0.2) is 13.4 Å². The summed E-state index contributed by atoms with van der Waals surface area (Å²) in [5, 5.41) is 3.66. The van der Waals surface area contributed by atoms with E-state index in [1.54, 1.807) is 6.92 Å². The van der Waals surface area contributed by atoms with Crippen molar-refractivity contribution in [2.75, 3.05) is 49.7 Å². The Kier molecular flexibility index (Phi) is 8.35. The normalized spacial score (nSPS) is 15.0. The van der Waals surface area contributed by atoms with Crippen LogP contribution in [0.25, 0.3) is 22.2 Å².